The first-order chi connectivity index (χ1) is 12.2. The molecular formula is C19H24N4O2. The van der Waals surface area contributed by atoms with Gasteiger partial charge in [0.2, 0.25) is 0 Å². The Morgan fingerprint density at radius 1 is 1.16 bits per heavy atom. The first-order valence-electron chi connectivity index (χ1n) is 8.58. The van der Waals surface area contributed by atoms with Crippen molar-refractivity contribution in [1.29, 1.82) is 0 Å². The molecule has 0 bridgehead atoms. The van der Waals surface area contributed by atoms with Gasteiger partial charge >= 0.3 is 0 Å². The van der Waals surface area contributed by atoms with Gasteiger partial charge < -0.3 is 19.9 Å². The second-order valence-corrected chi connectivity index (χ2v) is 6.00. The van der Waals surface area contributed by atoms with Crippen LogP contribution < -0.4 is 15.0 Å². The number of nitrogens with one attached hydrogen (secondary N) is 1. The van der Waals surface area contributed by atoms with Crippen LogP contribution in [0.25, 0.3) is 0 Å². The number of benzene rings is 1. The molecule has 6 nitrogen and oxygen atoms in total. The molecule has 2 aromatic rings. The second-order valence-electron chi connectivity index (χ2n) is 6.00. The van der Waals surface area contributed by atoms with E-state index in [2.05, 4.69) is 27.0 Å². The van der Waals surface area contributed by atoms with Crippen LogP contribution in [0.5, 0.6) is 5.75 Å². The molecule has 0 aliphatic carbocycles. The summed E-state index contributed by atoms with van der Waals surface area (Å²) in [5.41, 5.74) is 2.19. The van der Waals surface area contributed by atoms with E-state index in [0.29, 0.717) is 5.69 Å². The number of carbonyl (C=O) groups excluding carboxylic acids is 1. The number of hydrogen-bond donors (Lipinski definition) is 1. The Labute approximate surface area is 148 Å². The number of amides is 1. The predicted molar refractivity (Wildman–Crippen MR) is 99.5 cm³/mol. The standard InChI is InChI=1S/C19H24N4O2/c1-3-22-10-12-23(13-11-22)16-8-9-20-18(14-16)19(24)21-15-4-6-17(25-2)7-5-15/h4-9,14H,3,10-13H2,1-2H3,(H,21,24). The molecule has 1 aromatic heterocycles. The fourth-order valence-corrected chi connectivity index (χ4v) is 2.93. The average molecular weight is 340 g/mol. The molecule has 1 fully saturated rings. The average Bonchev–Trinajstić information content (AvgIpc) is 2.68. The number of likely N-dealkylation sites (N-methyl/N-ethyl adjacent to an activating group) is 1. The van der Waals surface area contributed by atoms with Crippen LogP contribution in [0.2, 0.25) is 0 Å². The third-order valence-corrected chi connectivity index (χ3v) is 4.51. The molecule has 6 heteroatoms. The number of aromatic nitrogens is 1. The van der Waals surface area contributed by atoms with Crippen molar-refractivity contribution in [3.05, 3.63) is 48.3 Å². The number of piperazine rings is 1. The molecule has 0 unspecified atom stereocenters. The van der Waals surface area contributed by atoms with E-state index >= 15 is 0 Å². The van der Waals surface area contributed by atoms with Gasteiger partial charge in [-0.1, -0.05) is 6.92 Å². The molecule has 1 amide bonds. The summed E-state index contributed by atoms with van der Waals surface area (Å²) in [6.07, 6.45) is 1.70. The molecule has 3 rings (SSSR count). The quantitative estimate of drug-likeness (QED) is 0.906. The van der Waals surface area contributed by atoms with Crippen molar-refractivity contribution in [3.63, 3.8) is 0 Å². The topological polar surface area (TPSA) is 57.7 Å². The van der Waals surface area contributed by atoms with Crippen molar-refractivity contribution in [1.82, 2.24) is 9.88 Å². The van der Waals surface area contributed by atoms with Crippen molar-refractivity contribution in [2.75, 3.05) is 50.1 Å². The molecule has 1 aromatic carbocycles. The summed E-state index contributed by atoms with van der Waals surface area (Å²) in [6.45, 7) is 7.30. The van der Waals surface area contributed by atoms with Crippen LogP contribution in [0.3, 0.4) is 0 Å². The number of pyridine rings is 1. The number of ether oxygens (including phenoxy) is 1. The third kappa shape index (κ3) is 4.28. The van der Waals surface area contributed by atoms with Crippen molar-refractivity contribution < 1.29 is 9.53 Å². The molecule has 132 valence electrons. The van der Waals surface area contributed by atoms with Gasteiger partial charge in [-0.25, -0.2) is 0 Å². The van der Waals surface area contributed by atoms with Crippen LogP contribution in [0.15, 0.2) is 42.6 Å². The highest BCUT2D eigenvalue weighted by Crippen LogP contribution is 2.19. The highest BCUT2D eigenvalue weighted by atomic mass is 16.5. The van der Waals surface area contributed by atoms with Gasteiger partial charge in [-0.05, 0) is 42.9 Å². The summed E-state index contributed by atoms with van der Waals surface area (Å²) in [7, 11) is 1.61. The Bertz CT molecular complexity index is 710. The van der Waals surface area contributed by atoms with Crippen LogP contribution >= 0.6 is 0 Å². The molecule has 0 radical (unpaired) electrons. The minimum atomic E-state index is -0.209. The minimum absolute atomic E-state index is 0.209. The van der Waals surface area contributed by atoms with Crippen LogP contribution in [-0.4, -0.2) is 55.6 Å². The van der Waals surface area contributed by atoms with Crippen molar-refractivity contribution >= 4 is 17.3 Å². The smallest absolute Gasteiger partial charge is 0.274 e. The van der Waals surface area contributed by atoms with Crippen LogP contribution in [0, 0.1) is 0 Å². The van der Waals surface area contributed by atoms with E-state index in [-0.39, 0.29) is 5.91 Å². The summed E-state index contributed by atoms with van der Waals surface area (Å²) in [4.78, 5) is 21.4. The lowest BCUT2D eigenvalue weighted by atomic mass is 10.2. The summed E-state index contributed by atoms with van der Waals surface area (Å²) in [5, 5.41) is 2.87. The number of anilines is 2. The van der Waals surface area contributed by atoms with Crippen molar-refractivity contribution in [2.24, 2.45) is 0 Å². The number of rotatable bonds is 5. The minimum Gasteiger partial charge on any atom is -0.497 e. The number of carbonyl (C=O) groups is 1. The zero-order valence-electron chi connectivity index (χ0n) is 14.7. The lowest BCUT2D eigenvalue weighted by molar-refractivity contribution is 0.102. The lowest BCUT2D eigenvalue weighted by Crippen LogP contribution is -2.46. The SMILES string of the molecule is CCN1CCN(c2ccnc(C(=O)Nc3ccc(OC)cc3)c2)CC1. The van der Waals surface area contributed by atoms with Gasteiger partial charge in [-0.15, -0.1) is 0 Å². The summed E-state index contributed by atoms with van der Waals surface area (Å²) < 4.78 is 5.12. The zero-order chi connectivity index (χ0) is 17.6. The Morgan fingerprint density at radius 3 is 2.52 bits per heavy atom. The summed E-state index contributed by atoms with van der Waals surface area (Å²) >= 11 is 0. The number of hydrogen-bond acceptors (Lipinski definition) is 5. The van der Waals surface area contributed by atoms with E-state index in [4.69, 9.17) is 4.74 Å². The first kappa shape index (κ1) is 17.2. The molecule has 1 aliphatic heterocycles. The van der Waals surface area contributed by atoms with Crippen molar-refractivity contribution in [2.45, 2.75) is 6.92 Å². The zero-order valence-corrected chi connectivity index (χ0v) is 14.7. The summed E-state index contributed by atoms with van der Waals surface area (Å²) in [5.74, 6) is 0.545. The molecule has 1 N–H and O–H groups in total. The van der Waals surface area contributed by atoms with Crippen LogP contribution in [0.1, 0.15) is 17.4 Å². The van der Waals surface area contributed by atoms with Gasteiger partial charge in [-0.2, -0.15) is 0 Å². The van der Waals surface area contributed by atoms with E-state index in [1.165, 1.54) is 0 Å². The molecule has 25 heavy (non-hydrogen) atoms. The van der Waals surface area contributed by atoms with Crippen molar-refractivity contribution in [3.8, 4) is 5.75 Å². The molecule has 0 spiro atoms. The Balaban J connectivity index is 1.67. The van der Waals surface area contributed by atoms with Gasteiger partial charge in [0.15, 0.2) is 0 Å². The fourth-order valence-electron chi connectivity index (χ4n) is 2.93. The molecule has 0 saturated carbocycles. The molecule has 2 heterocycles. The normalized spacial score (nSPS) is 15.0. The summed E-state index contributed by atoms with van der Waals surface area (Å²) in [6, 6.07) is 11.1. The highest BCUT2D eigenvalue weighted by Gasteiger charge is 2.17. The fraction of sp³-hybridized carbons (Fsp3) is 0.368. The van der Waals surface area contributed by atoms with Gasteiger partial charge in [0.05, 0.1) is 7.11 Å². The molecular weight excluding hydrogens is 316 g/mol. The first-order valence-corrected chi connectivity index (χ1v) is 8.58. The number of nitrogens with zero attached hydrogens (tertiary/aromatic N) is 3. The van der Waals surface area contributed by atoms with Gasteiger partial charge in [0.25, 0.3) is 5.91 Å². The lowest BCUT2D eigenvalue weighted by Gasteiger charge is -2.35. The van der Waals surface area contributed by atoms with Gasteiger partial charge in [0, 0.05) is 43.8 Å². The molecule has 1 aliphatic rings. The van der Waals surface area contributed by atoms with Gasteiger partial charge in [0.1, 0.15) is 11.4 Å². The Kier molecular flexibility index (Phi) is 5.50. The second kappa shape index (κ2) is 7.98. The van der Waals surface area contributed by atoms with E-state index in [9.17, 15) is 4.79 Å². The monoisotopic (exact) mass is 340 g/mol. The van der Waals surface area contributed by atoms with E-state index in [1.54, 1.807) is 13.3 Å². The van der Waals surface area contributed by atoms with E-state index in [0.717, 1.165) is 49.8 Å². The van der Waals surface area contributed by atoms with Crippen LogP contribution in [-0.2, 0) is 0 Å². The molecule has 0 atom stereocenters. The van der Waals surface area contributed by atoms with Crippen LogP contribution in [0.4, 0.5) is 11.4 Å². The van der Waals surface area contributed by atoms with Gasteiger partial charge in [-0.3, -0.25) is 9.78 Å². The predicted octanol–water partition coefficient (Wildman–Crippen LogP) is 2.48. The Morgan fingerprint density at radius 2 is 1.88 bits per heavy atom. The third-order valence-electron chi connectivity index (χ3n) is 4.51. The molecule has 1 saturated heterocycles. The largest absolute Gasteiger partial charge is 0.497 e. The maximum absolute atomic E-state index is 12.5. The van der Waals surface area contributed by atoms with E-state index in [1.807, 2.05) is 36.4 Å². The maximum atomic E-state index is 12.5. The Hall–Kier alpha value is -2.60. The maximum Gasteiger partial charge on any atom is 0.274 e. The van der Waals surface area contributed by atoms with E-state index < -0.39 is 0 Å². The highest BCUT2D eigenvalue weighted by molar-refractivity contribution is 6.03. The number of methoxy groups -OCH3 is 1.